The zero-order valence-electron chi connectivity index (χ0n) is 18.9. The van der Waals surface area contributed by atoms with Gasteiger partial charge in [0, 0.05) is 6.20 Å². The minimum Gasteiger partial charge on any atom is -0.468 e. The Morgan fingerprint density at radius 2 is 2.14 bits per heavy atom. The number of benzene rings is 1. The van der Waals surface area contributed by atoms with Crippen LogP contribution >= 0.6 is 7.75 Å². The van der Waals surface area contributed by atoms with E-state index in [4.69, 9.17) is 34.3 Å². The predicted molar refractivity (Wildman–Crippen MR) is 122 cm³/mol. The average molecular weight is 507 g/mol. The number of aromatic nitrogens is 2. The number of carbonyl (C=O) groups excluding carboxylic acids is 1. The van der Waals surface area contributed by atoms with E-state index in [9.17, 15) is 14.2 Å². The molecule has 2 heterocycles. The first-order valence-electron chi connectivity index (χ1n) is 10.6. The van der Waals surface area contributed by atoms with Crippen LogP contribution in [0.25, 0.3) is 0 Å². The zero-order chi connectivity index (χ0) is 25.3. The normalized spacial score (nSPS) is 20.0. The molecule has 1 fully saturated rings. The molecule has 188 valence electrons. The molecule has 0 bridgehead atoms. The van der Waals surface area contributed by atoms with E-state index in [2.05, 4.69) is 10.1 Å². The van der Waals surface area contributed by atoms with Crippen LogP contribution in [0.2, 0.25) is 0 Å². The second-order valence-electron chi connectivity index (χ2n) is 7.33. The monoisotopic (exact) mass is 507 g/mol. The Morgan fingerprint density at radius 3 is 2.83 bits per heavy atom. The van der Waals surface area contributed by atoms with Crippen molar-refractivity contribution in [1.29, 1.82) is 5.26 Å². The fourth-order valence-electron chi connectivity index (χ4n) is 3.17. The van der Waals surface area contributed by atoms with E-state index in [1.54, 1.807) is 24.3 Å². The molecule has 1 aliphatic heterocycles. The molecule has 3 N–H and O–H groups in total. The van der Waals surface area contributed by atoms with Crippen LogP contribution in [0, 0.1) is 11.3 Å². The number of nitrogens with one attached hydrogen (secondary N) is 1. The number of methoxy groups -OCH3 is 1. The van der Waals surface area contributed by atoms with Gasteiger partial charge in [0.25, 0.3) is 0 Å². The van der Waals surface area contributed by atoms with Crippen molar-refractivity contribution in [2.45, 2.75) is 31.4 Å². The number of hydrogen-bond acceptors (Lipinski definition) is 11. The van der Waals surface area contributed by atoms with Crippen molar-refractivity contribution in [3.8, 4) is 6.07 Å². The van der Waals surface area contributed by atoms with E-state index < -0.39 is 38.0 Å². The van der Waals surface area contributed by atoms with E-state index in [1.165, 1.54) is 23.9 Å². The highest BCUT2D eigenvalue weighted by molar-refractivity contribution is 7.51. The SMILES string of the molecule is COC(=O)C(Cc1ccccc1)NP(=O)(OCCC#N)OCC1OC[C@@H](n2ccc(N)nc2=O)O1. The maximum Gasteiger partial charge on any atom is 0.406 e. The van der Waals surface area contributed by atoms with Gasteiger partial charge < -0.3 is 19.9 Å². The van der Waals surface area contributed by atoms with Crippen LogP contribution in [-0.4, -0.2) is 54.8 Å². The third kappa shape index (κ3) is 7.69. The minimum absolute atomic E-state index is 0.00530. The molecular formula is C21H26N5O8P. The number of carbonyl (C=O) groups is 1. The third-order valence-electron chi connectivity index (χ3n) is 4.83. The third-order valence-corrected chi connectivity index (χ3v) is 6.47. The number of ether oxygens (including phenoxy) is 3. The van der Waals surface area contributed by atoms with Crippen molar-refractivity contribution >= 4 is 19.5 Å². The number of rotatable bonds is 12. The molecule has 3 rings (SSSR count). The van der Waals surface area contributed by atoms with Crippen LogP contribution in [-0.2, 0) is 39.0 Å². The molecule has 1 aliphatic rings. The summed E-state index contributed by atoms with van der Waals surface area (Å²) in [5.74, 6) is -0.604. The van der Waals surface area contributed by atoms with Gasteiger partial charge in [-0.2, -0.15) is 10.2 Å². The second kappa shape index (κ2) is 12.6. The van der Waals surface area contributed by atoms with Crippen LogP contribution in [0.5, 0.6) is 0 Å². The van der Waals surface area contributed by atoms with E-state index in [1.807, 2.05) is 12.1 Å². The summed E-state index contributed by atoms with van der Waals surface area (Å²) in [5, 5.41) is 11.4. The Labute approximate surface area is 201 Å². The van der Waals surface area contributed by atoms with Gasteiger partial charge in [0.1, 0.15) is 18.5 Å². The zero-order valence-corrected chi connectivity index (χ0v) is 19.8. The smallest absolute Gasteiger partial charge is 0.406 e. The number of nitrogen functional groups attached to an aromatic ring is 1. The highest BCUT2D eigenvalue weighted by Gasteiger charge is 2.36. The van der Waals surface area contributed by atoms with E-state index in [0.29, 0.717) is 0 Å². The standard InChI is InChI=1S/C21H26N5O8P/c1-30-20(27)16(12-15-6-3-2-4-7-15)25-35(29,32-11-5-9-22)33-14-19-31-13-18(34-19)26-10-8-17(23)24-21(26)28/h2-4,6-8,10,16,18-19H,5,11-14H2,1H3,(H,25,29)(H2,23,24,28)/t16?,18-,19?,35?/m0/s1. The predicted octanol–water partition coefficient (Wildman–Crippen LogP) is 1.13. The first-order chi connectivity index (χ1) is 16.8. The van der Waals surface area contributed by atoms with Crippen molar-refractivity contribution in [3.63, 3.8) is 0 Å². The molecule has 0 spiro atoms. The topological polar surface area (TPSA) is 177 Å². The number of hydrogen-bond donors (Lipinski definition) is 2. The summed E-state index contributed by atoms with van der Waals surface area (Å²) < 4.78 is 41.4. The molecule has 1 aromatic heterocycles. The molecule has 2 aromatic rings. The Hall–Kier alpha value is -3.11. The Balaban J connectivity index is 1.67. The number of nitriles is 1. The van der Waals surface area contributed by atoms with Crippen molar-refractivity contribution in [2.24, 2.45) is 0 Å². The van der Waals surface area contributed by atoms with Crippen molar-refractivity contribution in [3.05, 3.63) is 58.6 Å². The fourth-order valence-corrected chi connectivity index (χ4v) is 4.62. The summed E-state index contributed by atoms with van der Waals surface area (Å²) >= 11 is 0. The molecule has 35 heavy (non-hydrogen) atoms. The Bertz CT molecular complexity index is 1140. The van der Waals surface area contributed by atoms with Crippen molar-refractivity contribution < 1.29 is 32.6 Å². The summed E-state index contributed by atoms with van der Waals surface area (Å²) in [6, 6.07) is 11.3. The molecule has 4 atom stereocenters. The van der Waals surface area contributed by atoms with Gasteiger partial charge >= 0.3 is 19.4 Å². The first kappa shape index (κ1) is 26.5. The van der Waals surface area contributed by atoms with Crippen LogP contribution in [0.1, 0.15) is 18.2 Å². The van der Waals surface area contributed by atoms with E-state index >= 15 is 0 Å². The lowest BCUT2D eigenvalue weighted by Gasteiger charge is -2.24. The van der Waals surface area contributed by atoms with Crippen molar-refractivity contribution in [1.82, 2.24) is 14.6 Å². The Kier molecular flexibility index (Phi) is 9.50. The molecule has 0 radical (unpaired) electrons. The van der Waals surface area contributed by atoms with E-state index in [-0.39, 0.29) is 38.5 Å². The number of nitrogens with two attached hydrogens (primary N) is 1. The molecule has 1 saturated heterocycles. The lowest BCUT2D eigenvalue weighted by Crippen LogP contribution is -2.39. The maximum atomic E-state index is 13.4. The highest BCUT2D eigenvalue weighted by atomic mass is 31.2. The maximum absolute atomic E-state index is 13.4. The summed E-state index contributed by atoms with van der Waals surface area (Å²) in [4.78, 5) is 28.0. The van der Waals surface area contributed by atoms with Gasteiger partial charge in [-0.15, -0.1) is 0 Å². The largest absolute Gasteiger partial charge is 0.468 e. The van der Waals surface area contributed by atoms with Gasteiger partial charge in [-0.3, -0.25) is 18.4 Å². The van der Waals surface area contributed by atoms with Gasteiger partial charge in [-0.25, -0.2) is 14.4 Å². The number of nitrogens with zero attached hydrogens (tertiary/aromatic N) is 3. The average Bonchev–Trinajstić information content (AvgIpc) is 3.31. The fraction of sp³-hybridized carbons (Fsp3) is 0.429. The van der Waals surface area contributed by atoms with Crippen LogP contribution in [0.15, 0.2) is 47.4 Å². The highest BCUT2D eigenvalue weighted by Crippen LogP contribution is 2.45. The molecule has 0 saturated carbocycles. The summed E-state index contributed by atoms with van der Waals surface area (Å²) in [5.41, 5.74) is 5.66. The molecule has 3 unspecified atom stereocenters. The van der Waals surface area contributed by atoms with Crippen LogP contribution in [0.3, 0.4) is 0 Å². The lowest BCUT2D eigenvalue weighted by atomic mass is 10.1. The minimum atomic E-state index is -4.13. The van der Waals surface area contributed by atoms with E-state index in [0.717, 1.165) is 5.56 Å². The molecule has 0 amide bonds. The molecule has 1 aromatic carbocycles. The van der Waals surface area contributed by atoms with Gasteiger partial charge in [0.2, 0.25) is 0 Å². The molecule has 13 nitrogen and oxygen atoms in total. The summed E-state index contributed by atoms with van der Waals surface area (Å²) in [6.07, 6.45) is -0.276. The lowest BCUT2D eigenvalue weighted by molar-refractivity contribution is -0.142. The summed E-state index contributed by atoms with van der Waals surface area (Å²) in [7, 11) is -2.92. The second-order valence-corrected chi connectivity index (χ2v) is 9.09. The van der Waals surface area contributed by atoms with Crippen LogP contribution < -0.4 is 16.5 Å². The quantitative estimate of drug-likeness (QED) is 0.238. The molecular weight excluding hydrogens is 481 g/mol. The van der Waals surface area contributed by atoms with Gasteiger partial charge in [0.05, 0.1) is 32.8 Å². The van der Waals surface area contributed by atoms with Crippen LogP contribution in [0.4, 0.5) is 5.82 Å². The number of esters is 1. The molecule has 14 heteroatoms. The van der Waals surface area contributed by atoms with Gasteiger partial charge in [-0.05, 0) is 18.1 Å². The first-order valence-corrected chi connectivity index (χ1v) is 12.1. The number of anilines is 1. The van der Waals surface area contributed by atoms with Crippen molar-refractivity contribution in [2.75, 3.05) is 32.7 Å². The Morgan fingerprint density at radius 1 is 1.37 bits per heavy atom. The van der Waals surface area contributed by atoms with Gasteiger partial charge in [0.15, 0.2) is 12.5 Å². The summed E-state index contributed by atoms with van der Waals surface area (Å²) in [6.45, 7) is -0.559. The molecule has 0 aliphatic carbocycles. The van der Waals surface area contributed by atoms with Gasteiger partial charge in [-0.1, -0.05) is 30.3 Å².